The quantitative estimate of drug-likeness (QED) is 0.641. The largest absolute Gasteiger partial charge is 0.339 e. The highest BCUT2D eigenvalue weighted by atomic mass is 32.2. The van der Waals surface area contributed by atoms with Gasteiger partial charge in [-0.15, -0.1) is 6.58 Å². The molecule has 0 bridgehead atoms. The Balaban J connectivity index is 1.91. The maximum Gasteiger partial charge on any atom is 0.256 e. The minimum absolute atomic E-state index is 0.0542. The number of anilines is 1. The summed E-state index contributed by atoms with van der Waals surface area (Å²) in [5, 5.41) is 2.67. The first-order chi connectivity index (χ1) is 14.7. The van der Waals surface area contributed by atoms with Crippen LogP contribution in [0, 0.1) is 12.7 Å². The standard InChI is InChI=1S/C22H24FN3O4S/c1-3-11-24-31(29,30)19-14-16(9-10-17(19)23)21(27)25-18-8-6-7-15(2)20(18)22(28)26-12-4-5-13-26/h3,6-10,14,24H,1,4-5,11-13H2,2H3,(H,25,27). The van der Waals surface area contributed by atoms with Crippen LogP contribution in [0.3, 0.4) is 0 Å². The maximum atomic E-state index is 14.2. The van der Waals surface area contributed by atoms with Crippen molar-refractivity contribution in [2.45, 2.75) is 24.7 Å². The third kappa shape index (κ3) is 5.00. The van der Waals surface area contributed by atoms with E-state index in [1.807, 2.05) is 0 Å². The normalized spacial score (nSPS) is 13.8. The predicted octanol–water partition coefficient (Wildman–Crippen LogP) is 3.09. The summed E-state index contributed by atoms with van der Waals surface area (Å²) in [6.45, 7) is 6.45. The van der Waals surface area contributed by atoms with Crippen LogP contribution in [0.5, 0.6) is 0 Å². The van der Waals surface area contributed by atoms with Crippen molar-refractivity contribution >= 4 is 27.5 Å². The van der Waals surface area contributed by atoms with Crippen molar-refractivity contribution in [3.63, 3.8) is 0 Å². The fourth-order valence-corrected chi connectivity index (χ4v) is 4.53. The van der Waals surface area contributed by atoms with Gasteiger partial charge in [-0.25, -0.2) is 17.5 Å². The predicted molar refractivity (Wildman–Crippen MR) is 116 cm³/mol. The smallest absolute Gasteiger partial charge is 0.256 e. The van der Waals surface area contributed by atoms with Crippen LogP contribution in [0.25, 0.3) is 0 Å². The molecule has 0 spiro atoms. The fraction of sp³-hybridized carbons (Fsp3) is 0.273. The molecule has 2 aromatic carbocycles. The van der Waals surface area contributed by atoms with E-state index in [9.17, 15) is 22.4 Å². The number of aryl methyl sites for hydroxylation is 1. The number of hydrogen-bond acceptors (Lipinski definition) is 4. The Morgan fingerprint density at radius 3 is 2.58 bits per heavy atom. The molecule has 0 unspecified atom stereocenters. The minimum Gasteiger partial charge on any atom is -0.339 e. The maximum absolute atomic E-state index is 14.2. The number of halogens is 1. The van der Waals surface area contributed by atoms with E-state index in [0.717, 1.165) is 25.0 Å². The molecule has 31 heavy (non-hydrogen) atoms. The highest BCUT2D eigenvalue weighted by molar-refractivity contribution is 7.89. The van der Waals surface area contributed by atoms with Crippen LogP contribution in [0.1, 0.15) is 39.1 Å². The molecular weight excluding hydrogens is 421 g/mol. The lowest BCUT2D eigenvalue weighted by Gasteiger charge is -2.20. The van der Waals surface area contributed by atoms with Gasteiger partial charge in [0.05, 0.1) is 11.3 Å². The summed E-state index contributed by atoms with van der Waals surface area (Å²) in [5.41, 5.74) is 1.37. The molecule has 1 fully saturated rings. The number of hydrogen-bond donors (Lipinski definition) is 2. The number of carbonyl (C=O) groups is 2. The molecule has 2 N–H and O–H groups in total. The molecule has 1 saturated heterocycles. The molecule has 0 aliphatic carbocycles. The van der Waals surface area contributed by atoms with Gasteiger partial charge in [0, 0.05) is 25.2 Å². The van der Waals surface area contributed by atoms with E-state index in [-0.39, 0.29) is 18.0 Å². The second-order valence-corrected chi connectivity index (χ2v) is 8.97. The zero-order chi connectivity index (χ0) is 22.6. The van der Waals surface area contributed by atoms with Crippen molar-refractivity contribution < 1.29 is 22.4 Å². The SMILES string of the molecule is C=CCNS(=O)(=O)c1cc(C(=O)Nc2cccc(C)c2C(=O)N2CCCC2)ccc1F. The molecule has 2 aromatic rings. The number of likely N-dealkylation sites (tertiary alicyclic amines) is 1. The van der Waals surface area contributed by atoms with E-state index in [1.54, 1.807) is 30.0 Å². The van der Waals surface area contributed by atoms with E-state index < -0.39 is 26.6 Å². The molecule has 0 radical (unpaired) electrons. The molecule has 0 atom stereocenters. The molecular formula is C22H24FN3O4S. The Bertz CT molecular complexity index is 1130. The molecule has 1 heterocycles. The minimum atomic E-state index is -4.16. The molecule has 1 aliphatic rings. The van der Waals surface area contributed by atoms with Gasteiger partial charge in [-0.05, 0) is 49.6 Å². The number of rotatable bonds is 7. The average molecular weight is 446 g/mol. The first-order valence-corrected chi connectivity index (χ1v) is 11.3. The lowest BCUT2D eigenvalue weighted by atomic mass is 10.0. The number of carbonyl (C=O) groups excluding carboxylic acids is 2. The summed E-state index contributed by atoms with van der Waals surface area (Å²) in [7, 11) is -4.16. The first-order valence-electron chi connectivity index (χ1n) is 9.85. The molecule has 7 nitrogen and oxygen atoms in total. The zero-order valence-corrected chi connectivity index (χ0v) is 18.0. The monoisotopic (exact) mass is 445 g/mol. The van der Waals surface area contributed by atoms with Crippen LogP contribution < -0.4 is 10.0 Å². The second kappa shape index (κ2) is 9.40. The Labute approximate surface area is 181 Å². The third-order valence-electron chi connectivity index (χ3n) is 5.03. The Hall–Kier alpha value is -3.04. The van der Waals surface area contributed by atoms with Crippen molar-refractivity contribution in [1.82, 2.24) is 9.62 Å². The van der Waals surface area contributed by atoms with Gasteiger partial charge in [0.25, 0.3) is 11.8 Å². The van der Waals surface area contributed by atoms with Crippen LogP contribution in [0.4, 0.5) is 10.1 Å². The zero-order valence-electron chi connectivity index (χ0n) is 17.2. The summed E-state index contributed by atoms with van der Waals surface area (Å²) in [4.78, 5) is 26.9. The summed E-state index contributed by atoms with van der Waals surface area (Å²) in [6, 6.07) is 8.19. The van der Waals surface area contributed by atoms with Gasteiger partial charge >= 0.3 is 0 Å². The summed E-state index contributed by atoms with van der Waals surface area (Å²) in [6.07, 6.45) is 3.20. The molecule has 9 heteroatoms. The average Bonchev–Trinajstić information content (AvgIpc) is 3.27. The van der Waals surface area contributed by atoms with Crippen LogP contribution in [0.15, 0.2) is 53.9 Å². The van der Waals surface area contributed by atoms with Gasteiger partial charge < -0.3 is 10.2 Å². The van der Waals surface area contributed by atoms with Gasteiger partial charge in [-0.3, -0.25) is 9.59 Å². The van der Waals surface area contributed by atoms with Gasteiger partial charge in [0.2, 0.25) is 10.0 Å². The van der Waals surface area contributed by atoms with Crippen molar-refractivity contribution in [2.24, 2.45) is 0 Å². The summed E-state index contributed by atoms with van der Waals surface area (Å²) >= 11 is 0. The van der Waals surface area contributed by atoms with Gasteiger partial charge in [0.1, 0.15) is 10.7 Å². The molecule has 1 aliphatic heterocycles. The van der Waals surface area contributed by atoms with Crippen LogP contribution >= 0.6 is 0 Å². The van der Waals surface area contributed by atoms with Crippen molar-refractivity contribution in [3.05, 3.63) is 71.6 Å². The number of amides is 2. The molecule has 0 aromatic heterocycles. The molecule has 3 rings (SSSR count). The Morgan fingerprint density at radius 1 is 1.19 bits per heavy atom. The number of nitrogens with one attached hydrogen (secondary N) is 2. The lowest BCUT2D eigenvalue weighted by molar-refractivity contribution is 0.0793. The number of sulfonamides is 1. The highest BCUT2D eigenvalue weighted by Crippen LogP contribution is 2.25. The Kier molecular flexibility index (Phi) is 6.87. The van der Waals surface area contributed by atoms with Crippen molar-refractivity contribution in [1.29, 1.82) is 0 Å². The fourth-order valence-electron chi connectivity index (χ4n) is 3.43. The molecule has 0 saturated carbocycles. The number of benzene rings is 2. The second-order valence-electron chi connectivity index (χ2n) is 7.24. The van der Waals surface area contributed by atoms with E-state index in [4.69, 9.17) is 0 Å². The lowest BCUT2D eigenvalue weighted by Crippen LogP contribution is -2.29. The third-order valence-corrected chi connectivity index (χ3v) is 6.47. The molecule has 2 amide bonds. The van der Waals surface area contributed by atoms with E-state index in [2.05, 4.69) is 16.6 Å². The van der Waals surface area contributed by atoms with Gasteiger partial charge in [0.15, 0.2) is 0 Å². The van der Waals surface area contributed by atoms with Crippen molar-refractivity contribution in [2.75, 3.05) is 25.0 Å². The van der Waals surface area contributed by atoms with E-state index in [1.165, 1.54) is 12.1 Å². The van der Waals surface area contributed by atoms with Crippen LogP contribution in [-0.2, 0) is 10.0 Å². The van der Waals surface area contributed by atoms with Crippen molar-refractivity contribution in [3.8, 4) is 0 Å². The molecule has 164 valence electrons. The van der Waals surface area contributed by atoms with E-state index in [0.29, 0.717) is 29.9 Å². The van der Waals surface area contributed by atoms with Gasteiger partial charge in [-0.2, -0.15) is 0 Å². The first kappa shape index (κ1) is 22.6. The van der Waals surface area contributed by atoms with Gasteiger partial charge in [-0.1, -0.05) is 18.2 Å². The van der Waals surface area contributed by atoms with Crippen LogP contribution in [0.2, 0.25) is 0 Å². The summed E-state index contributed by atoms with van der Waals surface area (Å²) in [5.74, 6) is -1.79. The Morgan fingerprint density at radius 2 is 1.90 bits per heavy atom. The number of nitrogens with zero attached hydrogens (tertiary/aromatic N) is 1. The highest BCUT2D eigenvalue weighted by Gasteiger charge is 2.25. The van der Waals surface area contributed by atoms with Crippen LogP contribution in [-0.4, -0.2) is 44.8 Å². The van der Waals surface area contributed by atoms with E-state index >= 15 is 0 Å². The topological polar surface area (TPSA) is 95.6 Å². The summed E-state index contributed by atoms with van der Waals surface area (Å²) < 4.78 is 40.9.